The zero-order chi connectivity index (χ0) is 24.0. The molecule has 5 rings (SSSR count). The molecule has 0 spiro atoms. The Kier molecular flexibility index (Phi) is 6.50. The number of hydrazone groups is 1. The molecule has 0 bridgehead atoms. The first-order valence-electron chi connectivity index (χ1n) is 10.9. The summed E-state index contributed by atoms with van der Waals surface area (Å²) in [5, 5.41) is 9.68. The maximum atomic E-state index is 12.4. The molecule has 7 nitrogen and oxygen atoms in total. The van der Waals surface area contributed by atoms with Crippen LogP contribution in [0.1, 0.15) is 5.56 Å². The van der Waals surface area contributed by atoms with Gasteiger partial charge in [-0.25, -0.2) is 15.1 Å². The van der Waals surface area contributed by atoms with Crippen LogP contribution in [0, 0.1) is 0 Å². The average molecular weight is 482 g/mol. The van der Waals surface area contributed by atoms with Crippen molar-refractivity contribution in [1.29, 1.82) is 0 Å². The summed E-state index contributed by atoms with van der Waals surface area (Å²) in [6, 6.07) is 28.7. The molecule has 3 aromatic carbocycles. The summed E-state index contributed by atoms with van der Waals surface area (Å²) in [5.74, 6) is 0.156. The van der Waals surface area contributed by atoms with Crippen molar-refractivity contribution in [2.45, 2.75) is 0 Å². The SMILES string of the molecule is O=C(COc1ccccc1-c1ccnn1-c1ccccc1)NN=Cc1cc2ccccc2nc1Cl. The quantitative estimate of drug-likeness (QED) is 0.195. The van der Waals surface area contributed by atoms with Gasteiger partial charge in [0.1, 0.15) is 10.9 Å². The summed E-state index contributed by atoms with van der Waals surface area (Å²) in [6.07, 6.45) is 3.19. The van der Waals surface area contributed by atoms with E-state index < -0.39 is 5.91 Å². The summed E-state index contributed by atoms with van der Waals surface area (Å²) in [7, 11) is 0. The van der Waals surface area contributed by atoms with Gasteiger partial charge in [-0.3, -0.25) is 4.79 Å². The van der Waals surface area contributed by atoms with Gasteiger partial charge in [-0.1, -0.05) is 60.1 Å². The molecule has 0 saturated heterocycles. The van der Waals surface area contributed by atoms with Crippen molar-refractivity contribution in [3.63, 3.8) is 0 Å². The van der Waals surface area contributed by atoms with Gasteiger partial charge in [0.15, 0.2) is 6.61 Å². The molecule has 0 atom stereocenters. The van der Waals surface area contributed by atoms with Gasteiger partial charge < -0.3 is 4.74 Å². The van der Waals surface area contributed by atoms with Crippen LogP contribution in [-0.2, 0) is 4.79 Å². The Labute approximate surface area is 206 Å². The van der Waals surface area contributed by atoms with Gasteiger partial charge in [-0.05, 0) is 42.5 Å². The number of para-hydroxylation sites is 3. The fourth-order valence-corrected chi connectivity index (χ4v) is 3.83. The number of pyridine rings is 1. The predicted octanol–water partition coefficient (Wildman–Crippen LogP) is 5.27. The standard InChI is InChI=1S/C27H20ClN5O2/c28-27-20(16-19-8-4-6-12-23(19)31-27)17-29-32-26(34)18-35-25-13-7-5-11-22(25)24-14-15-30-33(24)21-9-2-1-3-10-21/h1-17H,18H2,(H,32,34). The number of carbonyl (C=O) groups is 1. The molecule has 1 amide bonds. The molecule has 5 aromatic rings. The summed E-state index contributed by atoms with van der Waals surface area (Å²) in [4.78, 5) is 16.7. The number of rotatable bonds is 7. The maximum absolute atomic E-state index is 12.4. The van der Waals surface area contributed by atoms with E-state index in [0.717, 1.165) is 27.8 Å². The van der Waals surface area contributed by atoms with Crippen LogP contribution in [0.3, 0.4) is 0 Å². The largest absolute Gasteiger partial charge is 0.483 e. The highest BCUT2D eigenvalue weighted by molar-refractivity contribution is 6.32. The third-order valence-electron chi connectivity index (χ3n) is 5.26. The summed E-state index contributed by atoms with van der Waals surface area (Å²) in [6.45, 7) is -0.211. The third kappa shape index (κ3) is 5.05. The first-order valence-corrected chi connectivity index (χ1v) is 11.3. The Morgan fingerprint density at radius 2 is 1.77 bits per heavy atom. The Morgan fingerprint density at radius 3 is 2.66 bits per heavy atom. The van der Waals surface area contributed by atoms with Crippen molar-refractivity contribution in [2.75, 3.05) is 6.61 Å². The van der Waals surface area contributed by atoms with Gasteiger partial charge >= 0.3 is 0 Å². The Hall–Kier alpha value is -4.49. The van der Waals surface area contributed by atoms with Crippen LogP contribution >= 0.6 is 11.6 Å². The van der Waals surface area contributed by atoms with Gasteiger partial charge in [-0.15, -0.1) is 0 Å². The highest BCUT2D eigenvalue weighted by Crippen LogP contribution is 2.31. The summed E-state index contributed by atoms with van der Waals surface area (Å²) in [5.41, 5.74) is 6.46. The van der Waals surface area contributed by atoms with Crippen molar-refractivity contribution >= 4 is 34.6 Å². The van der Waals surface area contributed by atoms with E-state index >= 15 is 0 Å². The molecule has 0 saturated carbocycles. The number of carbonyl (C=O) groups excluding carboxylic acids is 1. The van der Waals surface area contributed by atoms with E-state index in [9.17, 15) is 4.79 Å². The first-order chi connectivity index (χ1) is 17.2. The molecule has 0 aliphatic carbocycles. The first kappa shape index (κ1) is 22.3. The van der Waals surface area contributed by atoms with E-state index in [2.05, 4.69) is 20.6 Å². The van der Waals surface area contributed by atoms with Crippen LogP contribution in [0.25, 0.3) is 27.8 Å². The second-order valence-corrected chi connectivity index (χ2v) is 7.96. The Balaban J connectivity index is 1.27. The van der Waals surface area contributed by atoms with Gasteiger partial charge in [0.2, 0.25) is 0 Å². The molecule has 1 N–H and O–H groups in total. The smallest absolute Gasteiger partial charge is 0.277 e. The maximum Gasteiger partial charge on any atom is 0.277 e. The average Bonchev–Trinajstić information content (AvgIpc) is 3.38. The summed E-state index contributed by atoms with van der Waals surface area (Å²) < 4.78 is 7.66. The van der Waals surface area contributed by atoms with E-state index in [1.165, 1.54) is 6.21 Å². The van der Waals surface area contributed by atoms with Crippen molar-refractivity contribution in [2.24, 2.45) is 5.10 Å². The molecule has 0 unspecified atom stereocenters. The molecule has 172 valence electrons. The predicted molar refractivity (Wildman–Crippen MR) is 137 cm³/mol. The zero-order valence-corrected chi connectivity index (χ0v) is 19.3. The lowest BCUT2D eigenvalue weighted by molar-refractivity contribution is -0.123. The zero-order valence-electron chi connectivity index (χ0n) is 18.5. The van der Waals surface area contributed by atoms with E-state index in [-0.39, 0.29) is 6.61 Å². The molecule has 0 aliphatic rings. The number of fused-ring (bicyclic) bond motifs is 1. The lowest BCUT2D eigenvalue weighted by Crippen LogP contribution is -2.24. The molecule has 0 radical (unpaired) electrons. The third-order valence-corrected chi connectivity index (χ3v) is 5.57. The highest BCUT2D eigenvalue weighted by atomic mass is 35.5. The fourth-order valence-electron chi connectivity index (χ4n) is 3.64. The monoisotopic (exact) mass is 481 g/mol. The lowest BCUT2D eigenvalue weighted by Gasteiger charge is -2.12. The van der Waals surface area contributed by atoms with Crippen LogP contribution in [0.4, 0.5) is 0 Å². The van der Waals surface area contributed by atoms with Crippen LogP contribution in [0.2, 0.25) is 5.15 Å². The molecule has 2 aromatic heterocycles. The minimum Gasteiger partial charge on any atom is -0.483 e. The number of benzene rings is 3. The molecule has 2 heterocycles. The van der Waals surface area contributed by atoms with Crippen LogP contribution < -0.4 is 10.2 Å². The molecular formula is C27H20ClN5O2. The number of nitrogens with zero attached hydrogens (tertiary/aromatic N) is 4. The lowest BCUT2D eigenvalue weighted by atomic mass is 10.1. The Morgan fingerprint density at radius 1 is 1.00 bits per heavy atom. The minimum absolute atomic E-state index is 0.211. The minimum atomic E-state index is -0.405. The number of amides is 1. The molecule has 8 heteroatoms. The van der Waals surface area contributed by atoms with Gasteiger partial charge in [0, 0.05) is 16.5 Å². The second-order valence-electron chi connectivity index (χ2n) is 7.60. The van der Waals surface area contributed by atoms with E-state index in [1.54, 1.807) is 6.20 Å². The van der Waals surface area contributed by atoms with Crippen molar-refractivity contribution < 1.29 is 9.53 Å². The highest BCUT2D eigenvalue weighted by Gasteiger charge is 2.13. The molecular weight excluding hydrogens is 462 g/mol. The van der Waals surface area contributed by atoms with Gasteiger partial charge in [0.25, 0.3) is 5.91 Å². The Bertz CT molecular complexity index is 1510. The van der Waals surface area contributed by atoms with Crippen LogP contribution in [0.15, 0.2) is 102 Å². The van der Waals surface area contributed by atoms with E-state index in [0.29, 0.717) is 16.5 Å². The number of hydrogen-bond donors (Lipinski definition) is 1. The molecule has 0 fully saturated rings. The topological polar surface area (TPSA) is 81.4 Å². The number of nitrogens with one attached hydrogen (secondary N) is 1. The van der Waals surface area contributed by atoms with Gasteiger partial charge in [-0.2, -0.15) is 10.2 Å². The molecule has 0 aliphatic heterocycles. The number of ether oxygens (including phenoxy) is 1. The van der Waals surface area contributed by atoms with E-state index in [1.807, 2.05) is 95.7 Å². The van der Waals surface area contributed by atoms with E-state index in [4.69, 9.17) is 16.3 Å². The number of halogens is 1. The van der Waals surface area contributed by atoms with Crippen molar-refractivity contribution in [3.05, 3.63) is 108 Å². The normalized spacial score (nSPS) is 11.1. The van der Waals surface area contributed by atoms with Crippen LogP contribution in [0.5, 0.6) is 5.75 Å². The number of hydrogen-bond acceptors (Lipinski definition) is 5. The van der Waals surface area contributed by atoms with Gasteiger partial charge in [0.05, 0.1) is 29.3 Å². The molecule has 35 heavy (non-hydrogen) atoms. The fraction of sp³-hybridized carbons (Fsp3) is 0.0370. The summed E-state index contributed by atoms with van der Waals surface area (Å²) >= 11 is 6.24. The number of aromatic nitrogens is 3. The second kappa shape index (κ2) is 10.2. The van der Waals surface area contributed by atoms with Crippen LogP contribution in [-0.4, -0.2) is 33.5 Å². The van der Waals surface area contributed by atoms with Crippen molar-refractivity contribution in [1.82, 2.24) is 20.2 Å². The van der Waals surface area contributed by atoms with Crippen molar-refractivity contribution in [3.8, 4) is 22.7 Å².